The highest BCUT2D eigenvalue weighted by atomic mass is 35.5. The molecule has 0 atom stereocenters. The number of pyridine rings is 1. The van der Waals surface area contributed by atoms with Crippen molar-refractivity contribution in [1.82, 2.24) is 4.98 Å². The highest BCUT2D eigenvalue weighted by Gasteiger charge is 2.17. The van der Waals surface area contributed by atoms with Crippen LogP contribution in [0, 0.1) is 0 Å². The van der Waals surface area contributed by atoms with E-state index in [1.165, 1.54) is 19.3 Å². The number of rotatable bonds is 2. The Hall–Kier alpha value is -0.710. The van der Waals surface area contributed by atoms with E-state index in [1.807, 2.05) is 0 Å². The predicted molar refractivity (Wildman–Crippen MR) is 68.1 cm³/mol. The Kier molecular flexibility index (Phi) is 3.74. The molecular weight excluding hydrogens is 247 g/mol. The van der Waals surface area contributed by atoms with Gasteiger partial charge in [0.25, 0.3) is 0 Å². The third kappa shape index (κ3) is 2.34. The van der Waals surface area contributed by atoms with E-state index in [2.05, 4.69) is 15.3 Å². The van der Waals surface area contributed by atoms with Crippen LogP contribution in [0.5, 0.6) is 0 Å². The lowest BCUT2D eigenvalue weighted by molar-refractivity contribution is 0.573. The zero-order chi connectivity index (χ0) is 11.5. The molecule has 1 aromatic heterocycles. The molecule has 0 aliphatic carbocycles. The lowest BCUT2D eigenvalue weighted by Crippen LogP contribution is -2.30. The van der Waals surface area contributed by atoms with Gasteiger partial charge in [0.1, 0.15) is 5.82 Å². The number of nitrogens with two attached hydrogens (primary N) is 1. The molecule has 0 amide bonds. The normalized spacial score (nSPS) is 16.3. The molecule has 2 heterocycles. The van der Waals surface area contributed by atoms with Gasteiger partial charge in [-0.3, -0.25) is 0 Å². The first-order valence-electron chi connectivity index (χ1n) is 5.30. The zero-order valence-electron chi connectivity index (χ0n) is 8.84. The minimum absolute atomic E-state index is 0.438. The molecule has 4 nitrogen and oxygen atoms in total. The maximum atomic E-state index is 6.13. The molecule has 1 fully saturated rings. The summed E-state index contributed by atoms with van der Waals surface area (Å²) in [5, 5.41) is 1.01. The van der Waals surface area contributed by atoms with Crippen molar-refractivity contribution in [1.29, 1.82) is 0 Å². The second-order valence-corrected chi connectivity index (χ2v) is 4.63. The summed E-state index contributed by atoms with van der Waals surface area (Å²) >= 11 is 12.1. The fourth-order valence-electron chi connectivity index (χ4n) is 1.89. The molecule has 88 valence electrons. The Labute approximate surface area is 105 Å². The lowest BCUT2D eigenvalue weighted by atomic mass is 10.1. The molecule has 1 aliphatic heterocycles. The summed E-state index contributed by atoms with van der Waals surface area (Å²) in [6.07, 6.45) is 3.61. The minimum atomic E-state index is 0.438. The van der Waals surface area contributed by atoms with Crippen LogP contribution in [0.15, 0.2) is 6.07 Å². The minimum Gasteiger partial charge on any atom is -0.355 e. The molecule has 1 saturated heterocycles. The van der Waals surface area contributed by atoms with Crippen LogP contribution >= 0.6 is 23.2 Å². The van der Waals surface area contributed by atoms with E-state index in [9.17, 15) is 0 Å². The fraction of sp³-hybridized carbons (Fsp3) is 0.500. The van der Waals surface area contributed by atoms with E-state index >= 15 is 0 Å². The van der Waals surface area contributed by atoms with Gasteiger partial charge in [0.05, 0.1) is 10.0 Å². The molecule has 3 N–H and O–H groups in total. The Bertz CT molecular complexity index is 377. The number of hydrogen-bond acceptors (Lipinski definition) is 4. The monoisotopic (exact) mass is 260 g/mol. The molecule has 0 aromatic carbocycles. The number of hydrazine groups is 1. The summed E-state index contributed by atoms with van der Waals surface area (Å²) < 4.78 is 0. The molecule has 0 bridgehead atoms. The molecule has 1 aromatic rings. The summed E-state index contributed by atoms with van der Waals surface area (Å²) in [5.74, 6) is 6.57. The quantitative estimate of drug-likeness (QED) is 0.634. The number of halogens is 2. The van der Waals surface area contributed by atoms with Crippen LogP contribution in [0.25, 0.3) is 0 Å². The molecule has 2 rings (SSSR count). The third-order valence-electron chi connectivity index (χ3n) is 2.70. The molecular formula is C10H14Cl2N4. The number of hydrogen-bond donors (Lipinski definition) is 2. The van der Waals surface area contributed by atoms with Gasteiger partial charge in [-0.2, -0.15) is 0 Å². The van der Waals surface area contributed by atoms with Crippen molar-refractivity contribution in [2.24, 2.45) is 5.84 Å². The van der Waals surface area contributed by atoms with Crippen LogP contribution in [-0.4, -0.2) is 18.1 Å². The summed E-state index contributed by atoms with van der Waals surface area (Å²) in [6, 6.07) is 1.68. The molecule has 0 unspecified atom stereocenters. The van der Waals surface area contributed by atoms with Crippen LogP contribution in [0.2, 0.25) is 10.0 Å². The standard InChI is InChI=1S/C10H14Cl2N4/c11-7-6-8(12)10(14-9(7)15-13)16-4-2-1-3-5-16/h6H,1-5,13H2,(H,14,15). The number of nitrogens with one attached hydrogen (secondary N) is 1. The van der Waals surface area contributed by atoms with Crippen molar-refractivity contribution in [2.75, 3.05) is 23.4 Å². The maximum Gasteiger partial charge on any atom is 0.161 e. The van der Waals surface area contributed by atoms with Crippen molar-refractivity contribution in [3.63, 3.8) is 0 Å². The first kappa shape index (κ1) is 11.8. The van der Waals surface area contributed by atoms with Crippen LogP contribution in [-0.2, 0) is 0 Å². The van der Waals surface area contributed by atoms with E-state index in [1.54, 1.807) is 6.07 Å². The second-order valence-electron chi connectivity index (χ2n) is 3.82. The largest absolute Gasteiger partial charge is 0.355 e. The average molecular weight is 261 g/mol. The first-order chi connectivity index (χ1) is 7.72. The lowest BCUT2D eigenvalue weighted by Gasteiger charge is -2.28. The number of piperidine rings is 1. The first-order valence-corrected chi connectivity index (χ1v) is 6.05. The third-order valence-corrected chi connectivity index (χ3v) is 3.27. The fourth-order valence-corrected chi connectivity index (χ4v) is 2.42. The molecule has 0 radical (unpaired) electrons. The van der Waals surface area contributed by atoms with E-state index in [0.717, 1.165) is 18.9 Å². The Morgan fingerprint density at radius 2 is 1.88 bits per heavy atom. The number of anilines is 2. The van der Waals surface area contributed by atoms with Crippen molar-refractivity contribution < 1.29 is 0 Å². The molecule has 6 heteroatoms. The van der Waals surface area contributed by atoms with Crippen LogP contribution in [0.3, 0.4) is 0 Å². The number of nitrogen functional groups attached to an aromatic ring is 1. The van der Waals surface area contributed by atoms with E-state index in [0.29, 0.717) is 15.9 Å². The van der Waals surface area contributed by atoms with Crippen molar-refractivity contribution in [3.8, 4) is 0 Å². The Morgan fingerprint density at radius 1 is 1.19 bits per heavy atom. The summed E-state index contributed by atoms with van der Waals surface area (Å²) in [5.41, 5.74) is 2.47. The highest BCUT2D eigenvalue weighted by Crippen LogP contribution is 2.32. The van der Waals surface area contributed by atoms with E-state index < -0.39 is 0 Å². The van der Waals surface area contributed by atoms with E-state index in [-0.39, 0.29) is 0 Å². The van der Waals surface area contributed by atoms with Crippen molar-refractivity contribution in [3.05, 3.63) is 16.1 Å². The van der Waals surface area contributed by atoms with Crippen LogP contribution in [0.4, 0.5) is 11.6 Å². The highest BCUT2D eigenvalue weighted by molar-refractivity contribution is 6.37. The van der Waals surface area contributed by atoms with Gasteiger partial charge in [0.2, 0.25) is 0 Å². The Morgan fingerprint density at radius 3 is 2.50 bits per heavy atom. The van der Waals surface area contributed by atoms with Gasteiger partial charge in [-0.1, -0.05) is 23.2 Å². The van der Waals surface area contributed by atoms with Gasteiger partial charge >= 0.3 is 0 Å². The SMILES string of the molecule is NNc1nc(N2CCCCC2)c(Cl)cc1Cl. The molecule has 0 saturated carbocycles. The smallest absolute Gasteiger partial charge is 0.161 e. The van der Waals surface area contributed by atoms with Gasteiger partial charge in [-0.25, -0.2) is 10.8 Å². The van der Waals surface area contributed by atoms with Gasteiger partial charge in [-0.15, -0.1) is 0 Å². The van der Waals surface area contributed by atoms with Gasteiger partial charge < -0.3 is 10.3 Å². The number of nitrogens with zero attached hydrogens (tertiary/aromatic N) is 2. The second kappa shape index (κ2) is 5.08. The molecule has 0 spiro atoms. The summed E-state index contributed by atoms with van der Waals surface area (Å²) in [7, 11) is 0. The summed E-state index contributed by atoms with van der Waals surface area (Å²) in [4.78, 5) is 6.51. The number of aromatic nitrogens is 1. The van der Waals surface area contributed by atoms with Crippen LogP contribution in [0.1, 0.15) is 19.3 Å². The predicted octanol–water partition coefficient (Wildman–Crippen LogP) is 2.66. The Balaban J connectivity index is 2.31. The summed E-state index contributed by atoms with van der Waals surface area (Å²) in [6.45, 7) is 1.97. The van der Waals surface area contributed by atoms with Crippen molar-refractivity contribution in [2.45, 2.75) is 19.3 Å². The molecule has 16 heavy (non-hydrogen) atoms. The topological polar surface area (TPSA) is 54.2 Å². The van der Waals surface area contributed by atoms with E-state index in [4.69, 9.17) is 29.0 Å². The van der Waals surface area contributed by atoms with Gasteiger partial charge in [0, 0.05) is 13.1 Å². The van der Waals surface area contributed by atoms with Gasteiger partial charge in [0.15, 0.2) is 5.82 Å². The maximum absolute atomic E-state index is 6.13. The van der Waals surface area contributed by atoms with Gasteiger partial charge in [-0.05, 0) is 25.3 Å². The zero-order valence-corrected chi connectivity index (χ0v) is 10.4. The molecule has 1 aliphatic rings. The average Bonchev–Trinajstić information content (AvgIpc) is 2.30. The van der Waals surface area contributed by atoms with Crippen LogP contribution < -0.4 is 16.2 Å². The van der Waals surface area contributed by atoms with Crippen molar-refractivity contribution >= 4 is 34.8 Å².